The SMILES string of the molecule is CCCCCCCCCCC(C)(C)CC(C)CCCCC. The summed E-state index contributed by atoms with van der Waals surface area (Å²) in [5.41, 5.74) is 0.563. The van der Waals surface area contributed by atoms with E-state index < -0.39 is 0 Å². The van der Waals surface area contributed by atoms with Crippen LogP contribution in [0.4, 0.5) is 0 Å². The Kier molecular flexibility index (Phi) is 13.6. The zero-order valence-corrected chi connectivity index (χ0v) is 16.0. The van der Waals surface area contributed by atoms with Crippen molar-refractivity contribution in [2.24, 2.45) is 11.3 Å². The zero-order valence-electron chi connectivity index (χ0n) is 16.0. The van der Waals surface area contributed by atoms with Crippen LogP contribution in [0.25, 0.3) is 0 Å². The summed E-state index contributed by atoms with van der Waals surface area (Å²) in [6, 6.07) is 0. The maximum atomic E-state index is 2.49. The lowest BCUT2D eigenvalue weighted by atomic mass is 9.78. The second-order valence-electron chi connectivity index (χ2n) is 8.19. The summed E-state index contributed by atoms with van der Waals surface area (Å²) in [4.78, 5) is 0. The summed E-state index contributed by atoms with van der Waals surface area (Å²) >= 11 is 0. The van der Waals surface area contributed by atoms with E-state index in [1.165, 1.54) is 89.9 Å². The predicted molar refractivity (Wildman–Crippen MR) is 98.9 cm³/mol. The molecular formula is C21H44. The third-order valence-corrected chi connectivity index (χ3v) is 4.91. The number of hydrogen-bond donors (Lipinski definition) is 0. The smallest absolute Gasteiger partial charge is 0.0352 e. The van der Waals surface area contributed by atoms with Gasteiger partial charge in [0.2, 0.25) is 0 Å². The van der Waals surface area contributed by atoms with E-state index >= 15 is 0 Å². The Hall–Kier alpha value is 0. The van der Waals surface area contributed by atoms with Gasteiger partial charge in [0.05, 0.1) is 0 Å². The first-order chi connectivity index (χ1) is 10.0. The maximum Gasteiger partial charge on any atom is -0.0352 e. The standard InChI is InChI=1S/C21H44/c1-6-8-10-11-12-13-14-16-18-21(4,5)19-20(3)17-15-9-7-2/h20H,6-19H2,1-5H3. The van der Waals surface area contributed by atoms with Gasteiger partial charge in [-0.25, -0.2) is 0 Å². The molecule has 0 nitrogen and oxygen atoms in total. The third kappa shape index (κ3) is 14.7. The molecule has 0 aromatic carbocycles. The maximum absolute atomic E-state index is 2.49. The molecule has 21 heavy (non-hydrogen) atoms. The van der Waals surface area contributed by atoms with Crippen LogP contribution in [-0.4, -0.2) is 0 Å². The molecule has 0 aromatic rings. The first-order valence-electron chi connectivity index (χ1n) is 10.0. The van der Waals surface area contributed by atoms with Gasteiger partial charge in [0.25, 0.3) is 0 Å². The molecular weight excluding hydrogens is 252 g/mol. The Morgan fingerprint density at radius 2 is 1.14 bits per heavy atom. The molecule has 1 unspecified atom stereocenters. The monoisotopic (exact) mass is 296 g/mol. The number of rotatable bonds is 15. The fourth-order valence-electron chi connectivity index (χ4n) is 3.63. The Balaban J connectivity index is 3.53. The predicted octanol–water partition coefficient (Wildman–Crippen LogP) is 8.15. The summed E-state index contributed by atoms with van der Waals surface area (Å²) in [5.74, 6) is 0.917. The van der Waals surface area contributed by atoms with Gasteiger partial charge in [-0.05, 0) is 24.2 Å². The van der Waals surface area contributed by atoms with Gasteiger partial charge >= 0.3 is 0 Å². The molecule has 0 aliphatic carbocycles. The van der Waals surface area contributed by atoms with Crippen molar-refractivity contribution in [3.8, 4) is 0 Å². The highest BCUT2D eigenvalue weighted by atomic mass is 14.3. The van der Waals surface area contributed by atoms with Gasteiger partial charge in [-0.1, -0.05) is 112 Å². The van der Waals surface area contributed by atoms with Crippen molar-refractivity contribution in [2.75, 3.05) is 0 Å². The van der Waals surface area contributed by atoms with Gasteiger partial charge in [-0.3, -0.25) is 0 Å². The minimum absolute atomic E-state index is 0.563. The largest absolute Gasteiger partial charge is 0.0654 e. The normalized spacial score (nSPS) is 13.6. The molecule has 0 rings (SSSR count). The Bertz CT molecular complexity index is 204. The lowest BCUT2D eigenvalue weighted by Gasteiger charge is -2.28. The van der Waals surface area contributed by atoms with Crippen LogP contribution >= 0.6 is 0 Å². The van der Waals surface area contributed by atoms with Gasteiger partial charge in [-0.2, -0.15) is 0 Å². The summed E-state index contributed by atoms with van der Waals surface area (Å²) < 4.78 is 0. The minimum Gasteiger partial charge on any atom is -0.0654 e. The van der Waals surface area contributed by atoms with Crippen molar-refractivity contribution in [3.05, 3.63) is 0 Å². The van der Waals surface area contributed by atoms with Crippen LogP contribution in [0, 0.1) is 11.3 Å². The Morgan fingerprint density at radius 1 is 0.667 bits per heavy atom. The second kappa shape index (κ2) is 13.6. The fraction of sp³-hybridized carbons (Fsp3) is 1.00. The molecule has 0 aliphatic heterocycles. The third-order valence-electron chi connectivity index (χ3n) is 4.91. The summed E-state index contributed by atoms with van der Waals surface area (Å²) in [7, 11) is 0. The van der Waals surface area contributed by atoms with Crippen molar-refractivity contribution >= 4 is 0 Å². The number of unbranched alkanes of at least 4 members (excludes halogenated alkanes) is 9. The fourth-order valence-corrected chi connectivity index (χ4v) is 3.63. The van der Waals surface area contributed by atoms with Crippen molar-refractivity contribution < 1.29 is 0 Å². The Morgan fingerprint density at radius 3 is 1.71 bits per heavy atom. The molecule has 0 spiro atoms. The van der Waals surface area contributed by atoms with Gasteiger partial charge in [0, 0.05) is 0 Å². The molecule has 0 heterocycles. The molecule has 0 saturated carbocycles. The first kappa shape index (κ1) is 21.0. The number of hydrogen-bond acceptors (Lipinski definition) is 0. The highest BCUT2D eigenvalue weighted by Crippen LogP contribution is 2.33. The molecule has 0 aromatic heterocycles. The average molecular weight is 297 g/mol. The second-order valence-corrected chi connectivity index (χ2v) is 8.19. The zero-order chi connectivity index (χ0) is 16.0. The van der Waals surface area contributed by atoms with Crippen LogP contribution in [-0.2, 0) is 0 Å². The summed E-state index contributed by atoms with van der Waals surface area (Å²) in [6.45, 7) is 12.0. The Labute approximate surface area is 136 Å². The van der Waals surface area contributed by atoms with Gasteiger partial charge in [-0.15, -0.1) is 0 Å². The van der Waals surface area contributed by atoms with E-state index in [0.717, 1.165) is 5.92 Å². The van der Waals surface area contributed by atoms with E-state index in [1.54, 1.807) is 0 Å². The van der Waals surface area contributed by atoms with Gasteiger partial charge in [0.1, 0.15) is 0 Å². The van der Waals surface area contributed by atoms with Crippen LogP contribution in [0.2, 0.25) is 0 Å². The van der Waals surface area contributed by atoms with Crippen LogP contribution in [0.5, 0.6) is 0 Å². The molecule has 0 heteroatoms. The minimum atomic E-state index is 0.563. The highest BCUT2D eigenvalue weighted by molar-refractivity contribution is 4.72. The molecule has 0 aliphatic rings. The molecule has 0 bridgehead atoms. The quantitative estimate of drug-likeness (QED) is 0.267. The molecule has 0 radical (unpaired) electrons. The highest BCUT2D eigenvalue weighted by Gasteiger charge is 2.20. The molecule has 0 fully saturated rings. The van der Waals surface area contributed by atoms with Gasteiger partial charge in [0.15, 0.2) is 0 Å². The molecule has 0 N–H and O–H groups in total. The summed E-state index contributed by atoms with van der Waals surface area (Å²) in [5, 5.41) is 0. The van der Waals surface area contributed by atoms with E-state index in [1.807, 2.05) is 0 Å². The van der Waals surface area contributed by atoms with Crippen molar-refractivity contribution in [2.45, 2.75) is 125 Å². The van der Waals surface area contributed by atoms with E-state index in [4.69, 9.17) is 0 Å². The lowest BCUT2D eigenvalue weighted by Crippen LogP contribution is -2.15. The topological polar surface area (TPSA) is 0 Å². The van der Waals surface area contributed by atoms with E-state index in [9.17, 15) is 0 Å². The van der Waals surface area contributed by atoms with Crippen LogP contribution in [0.1, 0.15) is 125 Å². The molecule has 0 saturated heterocycles. The average Bonchev–Trinajstić information content (AvgIpc) is 2.41. The van der Waals surface area contributed by atoms with Crippen LogP contribution in [0.3, 0.4) is 0 Å². The van der Waals surface area contributed by atoms with Crippen molar-refractivity contribution in [1.82, 2.24) is 0 Å². The molecule has 1 atom stereocenters. The van der Waals surface area contributed by atoms with Crippen molar-refractivity contribution in [3.63, 3.8) is 0 Å². The first-order valence-corrected chi connectivity index (χ1v) is 10.0. The lowest BCUT2D eigenvalue weighted by molar-refractivity contribution is 0.238. The van der Waals surface area contributed by atoms with E-state index in [-0.39, 0.29) is 0 Å². The van der Waals surface area contributed by atoms with Crippen LogP contribution < -0.4 is 0 Å². The summed E-state index contributed by atoms with van der Waals surface area (Å²) in [6.07, 6.45) is 20.1. The van der Waals surface area contributed by atoms with Crippen LogP contribution in [0.15, 0.2) is 0 Å². The van der Waals surface area contributed by atoms with Gasteiger partial charge < -0.3 is 0 Å². The van der Waals surface area contributed by atoms with E-state index in [2.05, 4.69) is 34.6 Å². The molecule has 128 valence electrons. The molecule has 0 amide bonds. The van der Waals surface area contributed by atoms with Crippen molar-refractivity contribution in [1.29, 1.82) is 0 Å². The van der Waals surface area contributed by atoms with E-state index in [0.29, 0.717) is 5.41 Å².